The van der Waals surface area contributed by atoms with E-state index < -0.39 is 6.04 Å². The van der Waals surface area contributed by atoms with Crippen molar-refractivity contribution in [3.05, 3.63) is 59.8 Å². The molecule has 7 nitrogen and oxygen atoms in total. The van der Waals surface area contributed by atoms with E-state index in [0.29, 0.717) is 26.2 Å². The smallest absolute Gasteiger partial charge is 0.237 e. The predicted molar refractivity (Wildman–Crippen MR) is 109 cm³/mol. The van der Waals surface area contributed by atoms with E-state index in [2.05, 4.69) is 25.8 Å². The fourth-order valence-electron chi connectivity index (χ4n) is 3.26. The molecule has 1 aliphatic rings. The molecule has 1 aromatic heterocycles. The normalized spacial score (nSPS) is 17.0. The third-order valence-electron chi connectivity index (χ3n) is 4.72. The van der Waals surface area contributed by atoms with Gasteiger partial charge in [0.05, 0.1) is 12.5 Å². The Kier molecular flexibility index (Phi) is 6.97. The van der Waals surface area contributed by atoms with Crippen LogP contribution < -0.4 is 16.0 Å². The number of amides is 2. The Morgan fingerprint density at radius 3 is 2.86 bits per heavy atom. The number of nitrogens with one attached hydrogen (secondary N) is 3. The molecule has 1 atom stereocenters. The lowest BCUT2D eigenvalue weighted by Gasteiger charge is -2.34. The molecule has 1 fully saturated rings. The van der Waals surface area contributed by atoms with Crippen LogP contribution in [0.2, 0.25) is 0 Å². The molecule has 0 saturated carbocycles. The minimum Gasteiger partial charge on any atom is -0.368 e. The maximum atomic E-state index is 12.4. The molecule has 0 bridgehead atoms. The molecular formula is C21H27N5O2. The van der Waals surface area contributed by atoms with Crippen LogP contribution in [0.4, 0.5) is 5.82 Å². The van der Waals surface area contributed by atoms with Gasteiger partial charge in [0.2, 0.25) is 11.8 Å². The number of aromatic nitrogens is 1. The number of pyridine rings is 1. The second-order valence-electron chi connectivity index (χ2n) is 6.96. The van der Waals surface area contributed by atoms with Gasteiger partial charge in [0, 0.05) is 38.9 Å². The molecule has 0 aliphatic carbocycles. The number of carbonyl (C=O) groups is 2. The van der Waals surface area contributed by atoms with Gasteiger partial charge in [0.25, 0.3) is 0 Å². The summed E-state index contributed by atoms with van der Waals surface area (Å²) < 4.78 is 0. The van der Waals surface area contributed by atoms with Crippen LogP contribution in [0.25, 0.3) is 0 Å². The molecule has 1 unspecified atom stereocenters. The summed E-state index contributed by atoms with van der Waals surface area (Å²) in [5.74, 6) is 0.577. The second kappa shape index (κ2) is 9.85. The number of aryl methyl sites for hydroxylation is 1. The van der Waals surface area contributed by atoms with Gasteiger partial charge >= 0.3 is 0 Å². The highest BCUT2D eigenvalue weighted by molar-refractivity contribution is 5.88. The average molecular weight is 381 g/mol. The van der Waals surface area contributed by atoms with Gasteiger partial charge in [-0.1, -0.05) is 30.3 Å². The molecule has 7 heteroatoms. The third-order valence-corrected chi connectivity index (χ3v) is 4.72. The first-order valence-corrected chi connectivity index (χ1v) is 9.61. The number of carbonyl (C=O) groups excluding carboxylic acids is 2. The number of hydrogen-bond acceptors (Lipinski definition) is 5. The number of anilines is 1. The van der Waals surface area contributed by atoms with Crippen LogP contribution in [-0.4, -0.2) is 53.9 Å². The van der Waals surface area contributed by atoms with Crippen LogP contribution in [0.3, 0.4) is 0 Å². The lowest BCUT2D eigenvalue weighted by Crippen LogP contribution is -2.56. The summed E-state index contributed by atoms with van der Waals surface area (Å²) in [6.45, 7) is 5.06. The summed E-state index contributed by atoms with van der Waals surface area (Å²) in [6, 6.07) is 13.5. The van der Waals surface area contributed by atoms with E-state index in [-0.39, 0.29) is 18.2 Å². The topological polar surface area (TPSA) is 86.4 Å². The maximum absolute atomic E-state index is 12.4. The Labute approximate surface area is 165 Å². The zero-order valence-electron chi connectivity index (χ0n) is 16.1. The highest BCUT2D eigenvalue weighted by Crippen LogP contribution is 2.13. The van der Waals surface area contributed by atoms with Crippen molar-refractivity contribution in [1.29, 1.82) is 0 Å². The van der Waals surface area contributed by atoms with Gasteiger partial charge < -0.3 is 16.0 Å². The molecule has 148 valence electrons. The van der Waals surface area contributed by atoms with Crippen LogP contribution in [0.1, 0.15) is 17.5 Å². The Hall–Kier alpha value is -2.93. The number of hydrogen-bond donors (Lipinski definition) is 3. The zero-order valence-corrected chi connectivity index (χ0v) is 16.1. The number of rotatable bonds is 8. The van der Waals surface area contributed by atoms with E-state index in [1.54, 1.807) is 6.20 Å². The van der Waals surface area contributed by atoms with E-state index in [9.17, 15) is 9.59 Å². The van der Waals surface area contributed by atoms with E-state index in [1.807, 2.05) is 49.4 Å². The summed E-state index contributed by atoms with van der Waals surface area (Å²) in [5.41, 5.74) is 2.26. The van der Waals surface area contributed by atoms with Crippen molar-refractivity contribution in [1.82, 2.24) is 20.5 Å². The van der Waals surface area contributed by atoms with Crippen LogP contribution in [-0.2, 0) is 16.1 Å². The summed E-state index contributed by atoms with van der Waals surface area (Å²) in [4.78, 5) is 31.0. The molecule has 2 amide bonds. The van der Waals surface area contributed by atoms with Crippen molar-refractivity contribution in [2.45, 2.75) is 25.9 Å². The fraction of sp³-hybridized carbons (Fsp3) is 0.381. The Bertz CT molecular complexity index is 796. The first-order chi connectivity index (χ1) is 13.6. The summed E-state index contributed by atoms with van der Waals surface area (Å²) in [7, 11) is 0. The molecule has 28 heavy (non-hydrogen) atoms. The van der Waals surface area contributed by atoms with Crippen molar-refractivity contribution in [3.63, 3.8) is 0 Å². The molecule has 2 heterocycles. The van der Waals surface area contributed by atoms with Gasteiger partial charge in [-0.05, 0) is 30.2 Å². The van der Waals surface area contributed by atoms with Gasteiger partial charge in [-0.15, -0.1) is 0 Å². The molecular weight excluding hydrogens is 354 g/mol. The van der Waals surface area contributed by atoms with Crippen molar-refractivity contribution in [2.75, 3.05) is 31.5 Å². The lowest BCUT2D eigenvalue weighted by atomic mass is 10.1. The third kappa shape index (κ3) is 5.79. The zero-order chi connectivity index (χ0) is 19.8. The molecule has 1 saturated heterocycles. The van der Waals surface area contributed by atoms with E-state index >= 15 is 0 Å². The number of benzene rings is 1. The van der Waals surface area contributed by atoms with Crippen molar-refractivity contribution in [3.8, 4) is 0 Å². The van der Waals surface area contributed by atoms with E-state index in [4.69, 9.17) is 0 Å². The number of nitrogens with zero attached hydrogens (tertiary/aromatic N) is 2. The lowest BCUT2D eigenvalue weighted by molar-refractivity contribution is -0.134. The largest absolute Gasteiger partial charge is 0.368 e. The molecule has 3 N–H and O–H groups in total. The predicted octanol–water partition coefficient (Wildman–Crippen LogP) is 1.31. The van der Waals surface area contributed by atoms with Gasteiger partial charge in [-0.25, -0.2) is 4.98 Å². The quantitative estimate of drug-likeness (QED) is 0.600. The molecule has 1 aromatic carbocycles. The summed E-state index contributed by atoms with van der Waals surface area (Å²) >= 11 is 0. The Morgan fingerprint density at radius 1 is 1.25 bits per heavy atom. The SMILES string of the molecule is Cc1ccnc(NCCNC(=O)CC2C(=O)NCCN2Cc2ccccc2)c1. The van der Waals surface area contributed by atoms with Crippen molar-refractivity contribution in [2.24, 2.45) is 0 Å². The van der Waals surface area contributed by atoms with Gasteiger partial charge in [0.1, 0.15) is 5.82 Å². The first kappa shape index (κ1) is 19.8. The molecule has 2 aromatic rings. The van der Waals surface area contributed by atoms with Crippen LogP contribution in [0.15, 0.2) is 48.7 Å². The van der Waals surface area contributed by atoms with Crippen molar-refractivity contribution >= 4 is 17.6 Å². The Balaban J connectivity index is 1.47. The molecule has 3 rings (SSSR count). The summed E-state index contributed by atoms with van der Waals surface area (Å²) in [5, 5.41) is 8.93. The minimum atomic E-state index is -0.444. The molecule has 1 aliphatic heterocycles. The van der Waals surface area contributed by atoms with Crippen LogP contribution in [0.5, 0.6) is 0 Å². The molecule has 0 spiro atoms. The minimum absolute atomic E-state index is 0.0839. The van der Waals surface area contributed by atoms with Gasteiger partial charge in [-0.3, -0.25) is 14.5 Å². The maximum Gasteiger partial charge on any atom is 0.237 e. The summed E-state index contributed by atoms with van der Waals surface area (Å²) in [6.07, 6.45) is 1.90. The molecule has 0 radical (unpaired) electrons. The highest BCUT2D eigenvalue weighted by atomic mass is 16.2. The Morgan fingerprint density at radius 2 is 2.07 bits per heavy atom. The highest BCUT2D eigenvalue weighted by Gasteiger charge is 2.31. The van der Waals surface area contributed by atoms with Gasteiger partial charge in [-0.2, -0.15) is 0 Å². The monoisotopic (exact) mass is 381 g/mol. The van der Waals surface area contributed by atoms with Crippen LogP contribution >= 0.6 is 0 Å². The standard InChI is InChI=1S/C21H27N5O2/c1-16-7-8-22-19(13-16)23-9-10-24-20(27)14-18-21(28)25-11-12-26(18)15-17-5-3-2-4-6-17/h2-8,13,18H,9-12,14-15H2,1H3,(H,22,23)(H,24,27)(H,25,28). The second-order valence-corrected chi connectivity index (χ2v) is 6.96. The van der Waals surface area contributed by atoms with E-state index in [1.165, 1.54) is 0 Å². The number of piperazine rings is 1. The van der Waals surface area contributed by atoms with E-state index in [0.717, 1.165) is 23.5 Å². The van der Waals surface area contributed by atoms with Crippen molar-refractivity contribution < 1.29 is 9.59 Å². The van der Waals surface area contributed by atoms with Gasteiger partial charge in [0.15, 0.2) is 0 Å². The van der Waals surface area contributed by atoms with Crippen LogP contribution in [0, 0.1) is 6.92 Å². The average Bonchev–Trinajstić information content (AvgIpc) is 2.69. The fourth-order valence-corrected chi connectivity index (χ4v) is 3.26. The first-order valence-electron chi connectivity index (χ1n) is 9.61.